The molecule has 1 atom stereocenters. The summed E-state index contributed by atoms with van der Waals surface area (Å²) in [6.45, 7) is 4.59. The van der Waals surface area contributed by atoms with Gasteiger partial charge in [0.2, 0.25) is 0 Å². The van der Waals surface area contributed by atoms with Crippen molar-refractivity contribution in [2.24, 2.45) is 0 Å². The van der Waals surface area contributed by atoms with Crippen LogP contribution in [0.15, 0.2) is 30.6 Å². The fourth-order valence-electron chi connectivity index (χ4n) is 3.79. The van der Waals surface area contributed by atoms with Crippen molar-refractivity contribution in [2.75, 3.05) is 40.4 Å². The number of likely N-dealkylation sites (tertiary alicyclic amines) is 1. The summed E-state index contributed by atoms with van der Waals surface area (Å²) in [6.07, 6.45) is 8.12. The van der Waals surface area contributed by atoms with Crippen LogP contribution >= 0.6 is 0 Å². The van der Waals surface area contributed by atoms with E-state index >= 15 is 0 Å². The molecule has 2 N–H and O–H groups in total. The largest absolute Gasteiger partial charge is 0.493 e. The number of aromatic nitrogens is 2. The lowest BCUT2D eigenvalue weighted by Crippen LogP contribution is -2.36. The van der Waals surface area contributed by atoms with Crippen molar-refractivity contribution in [3.8, 4) is 11.5 Å². The van der Waals surface area contributed by atoms with Gasteiger partial charge in [0.05, 0.1) is 13.7 Å². The Morgan fingerprint density at radius 2 is 1.97 bits per heavy atom. The number of H-pyrrole nitrogens is 1. The molecule has 7 nitrogen and oxygen atoms in total. The number of nitrogens with one attached hydrogen (secondary N) is 1. The quantitative estimate of drug-likeness (QED) is 0.637. The lowest BCUT2D eigenvalue weighted by atomic mass is 10.2. The molecule has 1 aliphatic rings. The number of aliphatic hydroxyl groups is 1. The Hall–Kier alpha value is -2.09. The van der Waals surface area contributed by atoms with Crippen molar-refractivity contribution in [3.05, 3.63) is 42.0 Å². The molecular weight excluding hydrogens is 368 g/mol. The van der Waals surface area contributed by atoms with Crippen LogP contribution in [-0.2, 0) is 13.1 Å². The second kappa shape index (κ2) is 11.2. The molecule has 0 saturated carbocycles. The smallest absolute Gasteiger partial charge is 0.161 e. The van der Waals surface area contributed by atoms with E-state index in [1.54, 1.807) is 13.3 Å². The van der Waals surface area contributed by atoms with Crippen molar-refractivity contribution in [2.45, 2.75) is 44.9 Å². The monoisotopic (exact) mass is 402 g/mol. The zero-order chi connectivity index (χ0) is 20.5. The minimum Gasteiger partial charge on any atom is -0.493 e. The van der Waals surface area contributed by atoms with E-state index in [0.29, 0.717) is 18.0 Å². The van der Waals surface area contributed by atoms with E-state index in [9.17, 15) is 5.11 Å². The maximum Gasteiger partial charge on any atom is 0.161 e. The SMILES string of the molecule is COc1cc(CN(C)Cc2ncc[nH]2)ccc1OCC(O)CN1CCCCCC1. The third kappa shape index (κ3) is 7.03. The molecule has 0 bridgehead atoms. The van der Waals surface area contributed by atoms with Crippen LogP contribution in [0.2, 0.25) is 0 Å². The molecular formula is C22H34N4O3. The fourth-order valence-corrected chi connectivity index (χ4v) is 3.79. The molecule has 160 valence electrons. The van der Waals surface area contributed by atoms with Gasteiger partial charge in [0.25, 0.3) is 0 Å². The highest BCUT2D eigenvalue weighted by molar-refractivity contribution is 5.43. The predicted octanol–water partition coefficient (Wildman–Crippen LogP) is 2.67. The number of rotatable bonds is 10. The number of hydrogen-bond acceptors (Lipinski definition) is 6. The van der Waals surface area contributed by atoms with Gasteiger partial charge in [0.1, 0.15) is 18.5 Å². The Morgan fingerprint density at radius 1 is 1.17 bits per heavy atom. The average molecular weight is 403 g/mol. The van der Waals surface area contributed by atoms with Gasteiger partial charge in [-0.05, 0) is 50.7 Å². The van der Waals surface area contributed by atoms with Gasteiger partial charge in [0, 0.05) is 25.5 Å². The van der Waals surface area contributed by atoms with E-state index in [4.69, 9.17) is 9.47 Å². The van der Waals surface area contributed by atoms with Crippen LogP contribution in [0.25, 0.3) is 0 Å². The standard InChI is InChI=1S/C22H34N4O3/c1-25(16-22-23-9-10-24-22)14-18-7-8-20(21(13-18)28-2)29-17-19(27)15-26-11-5-3-4-6-12-26/h7-10,13,19,27H,3-6,11-12,14-17H2,1-2H3,(H,23,24). The Balaban J connectivity index is 1.50. The van der Waals surface area contributed by atoms with E-state index in [0.717, 1.165) is 37.6 Å². The molecule has 3 rings (SSSR count). The van der Waals surface area contributed by atoms with Crippen molar-refractivity contribution in [1.29, 1.82) is 0 Å². The van der Waals surface area contributed by atoms with E-state index in [2.05, 4.69) is 26.8 Å². The van der Waals surface area contributed by atoms with Crippen LogP contribution in [0.1, 0.15) is 37.1 Å². The van der Waals surface area contributed by atoms with Crippen molar-refractivity contribution in [3.63, 3.8) is 0 Å². The number of aliphatic hydroxyl groups excluding tert-OH is 1. The van der Waals surface area contributed by atoms with Gasteiger partial charge in [-0.3, -0.25) is 4.90 Å². The Bertz CT molecular complexity index is 715. The van der Waals surface area contributed by atoms with Crippen LogP contribution in [0.4, 0.5) is 0 Å². The van der Waals surface area contributed by atoms with Crippen LogP contribution < -0.4 is 9.47 Å². The number of β-amino-alcohol motifs (C(OH)–C–C–N with tert-alkyl or cyclic N) is 1. The summed E-state index contributed by atoms with van der Waals surface area (Å²) in [5.41, 5.74) is 1.13. The molecule has 1 aromatic heterocycles. The third-order valence-electron chi connectivity index (χ3n) is 5.25. The summed E-state index contributed by atoms with van der Waals surface area (Å²) >= 11 is 0. The molecule has 0 spiro atoms. The van der Waals surface area contributed by atoms with Crippen molar-refractivity contribution in [1.82, 2.24) is 19.8 Å². The minimum atomic E-state index is -0.503. The maximum atomic E-state index is 10.4. The fraction of sp³-hybridized carbons (Fsp3) is 0.591. The second-order valence-corrected chi connectivity index (χ2v) is 7.87. The number of aromatic amines is 1. The summed E-state index contributed by atoms with van der Waals surface area (Å²) in [7, 11) is 3.70. The number of hydrogen-bond donors (Lipinski definition) is 2. The van der Waals surface area contributed by atoms with Crippen LogP contribution in [0.5, 0.6) is 11.5 Å². The molecule has 0 aliphatic carbocycles. The van der Waals surface area contributed by atoms with Crippen LogP contribution in [0, 0.1) is 0 Å². The van der Waals surface area contributed by atoms with Gasteiger partial charge >= 0.3 is 0 Å². The van der Waals surface area contributed by atoms with E-state index < -0.39 is 6.10 Å². The number of benzene rings is 1. The van der Waals surface area contributed by atoms with Gasteiger partial charge < -0.3 is 24.5 Å². The Morgan fingerprint density at radius 3 is 2.66 bits per heavy atom. The lowest BCUT2D eigenvalue weighted by Gasteiger charge is -2.23. The Kier molecular flexibility index (Phi) is 8.34. The molecule has 1 unspecified atom stereocenters. The van der Waals surface area contributed by atoms with Crippen molar-refractivity contribution >= 4 is 0 Å². The summed E-state index contributed by atoms with van der Waals surface area (Å²) < 4.78 is 11.4. The third-order valence-corrected chi connectivity index (χ3v) is 5.25. The first kappa shape index (κ1) is 21.6. The second-order valence-electron chi connectivity index (χ2n) is 7.87. The number of methoxy groups -OCH3 is 1. The van der Waals surface area contributed by atoms with E-state index in [-0.39, 0.29) is 6.61 Å². The normalized spacial score (nSPS) is 16.6. The summed E-state index contributed by atoms with van der Waals surface area (Å²) in [5.74, 6) is 2.30. The molecule has 1 saturated heterocycles. The summed E-state index contributed by atoms with van der Waals surface area (Å²) in [5, 5.41) is 10.4. The first-order valence-electron chi connectivity index (χ1n) is 10.5. The molecule has 2 aromatic rings. The predicted molar refractivity (Wildman–Crippen MR) is 113 cm³/mol. The van der Waals surface area contributed by atoms with Gasteiger partial charge in [-0.25, -0.2) is 4.98 Å². The maximum absolute atomic E-state index is 10.4. The van der Waals surface area contributed by atoms with Crippen LogP contribution in [0.3, 0.4) is 0 Å². The highest BCUT2D eigenvalue weighted by atomic mass is 16.5. The molecule has 1 aromatic carbocycles. The van der Waals surface area contributed by atoms with Gasteiger partial charge in [-0.1, -0.05) is 18.9 Å². The average Bonchev–Trinajstić information content (AvgIpc) is 3.08. The topological polar surface area (TPSA) is 73.8 Å². The first-order chi connectivity index (χ1) is 14.1. The number of ether oxygens (including phenoxy) is 2. The van der Waals surface area contributed by atoms with Gasteiger partial charge in [-0.2, -0.15) is 0 Å². The zero-order valence-corrected chi connectivity index (χ0v) is 17.6. The first-order valence-corrected chi connectivity index (χ1v) is 10.5. The van der Waals surface area contributed by atoms with Gasteiger partial charge in [0.15, 0.2) is 11.5 Å². The summed E-state index contributed by atoms with van der Waals surface area (Å²) in [4.78, 5) is 11.9. The lowest BCUT2D eigenvalue weighted by molar-refractivity contribution is 0.0683. The molecule has 1 fully saturated rings. The summed E-state index contributed by atoms with van der Waals surface area (Å²) in [6, 6.07) is 5.96. The molecule has 29 heavy (non-hydrogen) atoms. The zero-order valence-electron chi connectivity index (χ0n) is 17.6. The molecule has 2 heterocycles. The molecule has 0 amide bonds. The number of nitrogens with zero attached hydrogens (tertiary/aromatic N) is 3. The van der Waals surface area contributed by atoms with Gasteiger partial charge in [-0.15, -0.1) is 0 Å². The molecule has 1 aliphatic heterocycles. The Labute approximate surface area is 173 Å². The number of imidazole rings is 1. The van der Waals surface area contributed by atoms with Crippen molar-refractivity contribution < 1.29 is 14.6 Å². The van der Waals surface area contributed by atoms with E-state index in [1.165, 1.54) is 25.7 Å². The molecule has 0 radical (unpaired) electrons. The van der Waals surface area contributed by atoms with E-state index in [1.807, 2.05) is 24.4 Å². The van der Waals surface area contributed by atoms with Crippen LogP contribution in [-0.4, -0.2) is 71.4 Å². The minimum absolute atomic E-state index is 0.268. The highest BCUT2D eigenvalue weighted by Crippen LogP contribution is 2.28. The highest BCUT2D eigenvalue weighted by Gasteiger charge is 2.15. The molecule has 7 heteroatoms.